The number of hydrogen-bond donors (Lipinski definition) is 0. The molecule has 428 valence electrons. The molecule has 0 fully saturated rings. The van der Waals surface area contributed by atoms with Crippen molar-refractivity contribution in [3.63, 3.8) is 0 Å². The first-order valence-corrected chi connectivity index (χ1v) is 29.9. The van der Waals surface area contributed by atoms with Gasteiger partial charge >= 0.3 is 0 Å². The molecule has 10 heterocycles. The minimum Gasteiger partial charge on any atom is -0.254 e. The van der Waals surface area contributed by atoms with Gasteiger partial charge in [-0.3, -0.25) is 19.9 Å². The van der Waals surface area contributed by atoms with Gasteiger partial charge in [-0.05, 0) is 136 Å². The summed E-state index contributed by atoms with van der Waals surface area (Å²) < 4.78 is 0. The molecular weight excluding hydrogens is 1130 g/mol. The fourth-order valence-electron chi connectivity index (χ4n) is 12.2. The van der Waals surface area contributed by atoms with Gasteiger partial charge in [-0.15, -0.1) is 0 Å². The summed E-state index contributed by atoms with van der Waals surface area (Å²) in [5.74, 6) is 1.11. The first kappa shape index (κ1) is 53.3. The van der Waals surface area contributed by atoms with Gasteiger partial charge in [-0.25, -0.2) is 49.8 Å². The number of benzene rings is 8. The van der Waals surface area contributed by atoms with Gasteiger partial charge in [0.15, 0.2) is 11.6 Å². The van der Waals surface area contributed by atoms with E-state index in [-0.39, 0.29) is 0 Å². The van der Waals surface area contributed by atoms with Crippen LogP contribution in [0.3, 0.4) is 0 Å². The topological polar surface area (TPSA) is 180 Å². The highest BCUT2D eigenvalue weighted by atomic mass is 15.0. The van der Waals surface area contributed by atoms with E-state index in [4.69, 9.17) is 19.9 Å². The van der Waals surface area contributed by atoms with Crippen molar-refractivity contribution in [3.05, 3.63) is 281 Å². The molecule has 18 rings (SSSR count). The molecule has 0 saturated heterocycles. The van der Waals surface area contributed by atoms with Crippen LogP contribution in [0.15, 0.2) is 281 Å². The zero-order valence-electron chi connectivity index (χ0n) is 48.8. The largest absolute Gasteiger partial charge is 0.254 e. The van der Waals surface area contributed by atoms with E-state index in [9.17, 15) is 0 Å². The Kier molecular flexibility index (Phi) is 13.1. The Morgan fingerprint density at radius 3 is 1.16 bits per heavy atom. The van der Waals surface area contributed by atoms with Crippen molar-refractivity contribution in [2.24, 2.45) is 0 Å². The predicted molar refractivity (Wildman–Crippen MR) is 366 cm³/mol. The lowest BCUT2D eigenvalue weighted by atomic mass is 9.96. The van der Waals surface area contributed by atoms with Crippen LogP contribution in [0.5, 0.6) is 0 Å². The number of nitrogens with zero attached hydrogens (tertiary/aromatic N) is 14. The molecule has 8 aromatic carbocycles. The van der Waals surface area contributed by atoms with Crippen LogP contribution in [0.25, 0.3) is 177 Å². The molecule has 0 aliphatic carbocycles. The first-order valence-electron chi connectivity index (χ1n) is 29.9. The van der Waals surface area contributed by atoms with E-state index in [1.54, 1.807) is 0 Å². The van der Waals surface area contributed by atoms with Gasteiger partial charge in [0.05, 0.1) is 55.5 Å². The lowest BCUT2D eigenvalue weighted by molar-refractivity contribution is 1.04. The summed E-state index contributed by atoms with van der Waals surface area (Å²) in [6.07, 6.45) is 13.3. The number of fused-ring (bicyclic) bond motifs is 10. The van der Waals surface area contributed by atoms with Crippen molar-refractivity contribution in [2.75, 3.05) is 0 Å². The molecule has 14 heteroatoms. The van der Waals surface area contributed by atoms with Crippen molar-refractivity contribution < 1.29 is 0 Å². The third-order valence-corrected chi connectivity index (χ3v) is 16.8. The Labute approximate surface area is 524 Å². The number of pyridine rings is 8. The molecule has 0 aliphatic rings. The second-order valence-electron chi connectivity index (χ2n) is 22.3. The minimum absolute atomic E-state index is 0.557. The van der Waals surface area contributed by atoms with E-state index in [2.05, 4.69) is 238 Å². The smallest absolute Gasteiger partial charge is 0.181 e. The molecule has 14 nitrogen and oxygen atoms in total. The second-order valence-corrected chi connectivity index (χ2v) is 22.3. The molecule has 0 spiro atoms. The van der Waals surface area contributed by atoms with Crippen LogP contribution in [-0.2, 0) is 0 Å². The fraction of sp³-hybridized carbons (Fsp3) is 0. The van der Waals surface area contributed by atoms with Gasteiger partial charge in [0.2, 0.25) is 0 Å². The van der Waals surface area contributed by atoms with Gasteiger partial charge in [0, 0.05) is 79.0 Å². The number of hydrogen-bond acceptors (Lipinski definition) is 14. The van der Waals surface area contributed by atoms with E-state index in [0.29, 0.717) is 11.6 Å². The number of aromatic nitrogens is 14. The summed E-state index contributed by atoms with van der Waals surface area (Å²) in [6, 6.07) is 79.7. The zero-order valence-corrected chi connectivity index (χ0v) is 48.8. The van der Waals surface area contributed by atoms with Gasteiger partial charge in [-0.2, -0.15) is 0 Å². The van der Waals surface area contributed by atoms with Gasteiger partial charge < -0.3 is 0 Å². The van der Waals surface area contributed by atoms with Crippen LogP contribution in [0, 0.1) is 0 Å². The highest BCUT2D eigenvalue weighted by Gasteiger charge is 2.15. The van der Waals surface area contributed by atoms with Gasteiger partial charge in [0.25, 0.3) is 0 Å². The van der Waals surface area contributed by atoms with Crippen LogP contribution in [-0.4, -0.2) is 69.8 Å². The lowest BCUT2D eigenvalue weighted by Gasteiger charge is -2.11. The maximum Gasteiger partial charge on any atom is 0.181 e. The molecule has 92 heavy (non-hydrogen) atoms. The zero-order chi connectivity index (χ0) is 60.9. The highest BCUT2D eigenvalue weighted by Crippen LogP contribution is 2.37. The monoisotopic (exact) mass is 1180 g/mol. The lowest BCUT2D eigenvalue weighted by Crippen LogP contribution is -1.92. The van der Waals surface area contributed by atoms with E-state index in [1.165, 1.54) is 25.3 Å². The fourth-order valence-corrected chi connectivity index (χ4v) is 12.2. The van der Waals surface area contributed by atoms with Crippen molar-refractivity contribution in [2.45, 2.75) is 0 Å². The Morgan fingerprint density at radius 2 is 0.598 bits per heavy atom. The summed E-state index contributed by atoms with van der Waals surface area (Å²) in [6.45, 7) is 0. The second kappa shape index (κ2) is 22.6. The Hall–Kier alpha value is -12.9. The normalized spacial score (nSPS) is 11.5. The quantitative estimate of drug-likeness (QED) is 0.131. The van der Waals surface area contributed by atoms with Crippen LogP contribution < -0.4 is 0 Å². The van der Waals surface area contributed by atoms with Gasteiger partial charge in [-0.1, -0.05) is 140 Å². The molecule has 0 N–H and O–H groups in total. The molecular formula is C78H46N14. The summed E-state index contributed by atoms with van der Waals surface area (Å²) in [7, 11) is 0. The molecule has 0 radical (unpaired) electrons. The third-order valence-electron chi connectivity index (χ3n) is 16.8. The average molecular weight is 1180 g/mol. The van der Waals surface area contributed by atoms with Crippen LogP contribution >= 0.6 is 0 Å². The Balaban J connectivity index is 0.000000141. The maximum absolute atomic E-state index is 5.02. The molecule has 0 amide bonds. The van der Waals surface area contributed by atoms with E-state index < -0.39 is 0 Å². The first-order chi connectivity index (χ1) is 45.5. The molecule has 0 saturated carbocycles. The molecule has 0 unspecified atom stereocenters. The Morgan fingerprint density at radius 1 is 0.207 bits per heavy atom. The number of rotatable bonds is 8. The summed E-state index contributed by atoms with van der Waals surface area (Å²) in [5.41, 5.74) is 21.7. The molecule has 0 bridgehead atoms. The molecule has 18 aromatic rings. The Bertz CT molecular complexity index is 5870. The molecule has 0 aliphatic heterocycles. The minimum atomic E-state index is 0.557. The van der Waals surface area contributed by atoms with Crippen LogP contribution in [0.1, 0.15) is 0 Å². The summed E-state index contributed by atoms with van der Waals surface area (Å²) >= 11 is 0. The average Bonchev–Trinajstić information content (AvgIpc) is 0.983. The van der Waals surface area contributed by atoms with Crippen molar-refractivity contribution >= 4 is 87.2 Å². The summed E-state index contributed by atoms with van der Waals surface area (Å²) in [4.78, 5) is 63.0. The van der Waals surface area contributed by atoms with E-state index in [1.807, 2.05) is 67.3 Å². The predicted octanol–water partition coefficient (Wildman–Crippen LogP) is 17.5. The SMILES string of the molecule is c1cnc2c(c1)cc(-c1ccc(-c3ccc4cc(-c5ccc6ccc(-c7ncncn7)nc6c5)ccc4n3)cc1)c1cccnc12.c1cnc2c(c1)ccc1c(-c3ccc(-c4ccc5cc(-c6ccc7ccc(-c8ncncn8)nc7c6)ccc5n4)cc3)ccnc12. The van der Waals surface area contributed by atoms with E-state index in [0.717, 1.165) is 166 Å². The standard InChI is InChI=1S/2C39H23N7/c1-3-30-20-32(31-4-2-18-42-38(31)37(30)41-17-1)24-5-7-25(8-6-24)33-15-13-29-19-27(12-14-34(29)45-33)28-10-9-26-11-16-35(46-36(26)21-28)39-43-22-40-23-44-39;1-2-27-9-13-32-31(17-19-42-38(32)37(27)41-18-1)24-3-5-25(6-4-24)33-15-12-30-20-28(11-14-34(30)45-33)29-8-7-26-10-16-35(46-36(26)21-29)39-43-22-40-23-44-39/h2*1-23H. The van der Waals surface area contributed by atoms with Crippen molar-refractivity contribution in [1.29, 1.82) is 0 Å². The van der Waals surface area contributed by atoms with Gasteiger partial charge in [0.1, 0.15) is 36.7 Å². The van der Waals surface area contributed by atoms with Crippen molar-refractivity contribution in [3.8, 4) is 90.1 Å². The van der Waals surface area contributed by atoms with Crippen LogP contribution in [0.2, 0.25) is 0 Å². The van der Waals surface area contributed by atoms with E-state index >= 15 is 0 Å². The maximum atomic E-state index is 5.02. The molecule has 0 atom stereocenters. The van der Waals surface area contributed by atoms with Crippen LogP contribution in [0.4, 0.5) is 0 Å². The highest BCUT2D eigenvalue weighted by molar-refractivity contribution is 6.11. The summed E-state index contributed by atoms with van der Waals surface area (Å²) in [5, 5.41) is 8.61. The van der Waals surface area contributed by atoms with Crippen molar-refractivity contribution in [1.82, 2.24) is 69.8 Å². The molecule has 10 aromatic heterocycles. The third kappa shape index (κ3) is 10.0.